The molecule has 0 spiro atoms. The van der Waals surface area contributed by atoms with Gasteiger partial charge in [0.15, 0.2) is 0 Å². The molecule has 3 aromatic carbocycles. The van der Waals surface area contributed by atoms with Crippen molar-refractivity contribution >= 4 is 39.1 Å². The number of sulfonamides is 1. The second-order valence-corrected chi connectivity index (χ2v) is 11.8. The highest BCUT2D eigenvalue weighted by molar-refractivity contribution is 7.92. The number of nitrogens with one attached hydrogen (secondary N) is 1. The molecule has 0 saturated carbocycles. The van der Waals surface area contributed by atoms with Crippen LogP contribution < -0.4 is 19.1 Å². The standard InChI is InChI=1S/C30H36ClN3O6S/c1-6-21(2)32-30(36)22(3)33(19-23-12-15-25(39-4)16-13-23)29(35)20-34(24-14-17-28(40-5)27(31)18-24)41(37,38)26-10-8-7-9-11-26/h7-18,21-22H,6,19-20H2,1-5H3,(H,32,36)/t21-,22+/m0/s1. The van der Waals surface area contributed by atoms with Gasteiger partial charge >= 0.3 is 0 Å². The Labute approximate surface area is 247 Å². The molecule has 0 saturated heterocycles. The zero-order valence-electron chi connectivity index (χ0n) is 23.8. The molecule has 3 aromatic rings. The number of carbonyl (C=O) groups is 2. The summed E-state index contributed by atoms with van der Waals surface area (Å²) in [4.78, 5) is 28.5. The van der Waals surface area contributed by atoms with Crippen molar-refractivity contribution in [2.45, 2.75) is 50.7 Å². The maximum absolute atomic E-state index is 14.0. The normalized spacial score (nSPS) is 12.6. The van der Waals surface area contributed by atoms with Crippen LogP contribution in [-0.2, 0) is 26.2 Å². The Balaban J connectivity index is 2.04. The third-order valence-corrected chi connectivity index (χ3v) is 8.80. The number of halogens is 1. The van der Waals surface area contributed by atoms with Gasteiger partial charge in [0.25, 0.3) is 10.0 Å². The van der Waals surface area contributed by atoms with E-state index in [1.807, 2.05) is 13.8 Å². The fourth-order valence-electron chi connectivity index (χ4n) is 4.03. The summed E-state index contributed by atoms with van der Waals surface area (Å²) in [7, 11) is -1.20. The van der Waals surface area contributed by atoms with Crippen LogP contribution in [-0.4, -0.2) is 58.0 Å². The van der Waals surface area contributed by atoms with Gasteiger partial charge in [0, 0.05) is 12.6 Å². The molecule has 0 fully saturated rings. The minimum Gasteiger partial charge on any atom is -0.497 e. The summed E-state index contributed by atoms with van der Waals surface area (Å²) < 4.78 is 39.2. The fraction of sp³-hybridized carbons (Fsp3) is 0.333. The molecule has 2 atom stereocenters. The van der Waals surface area contributed by atoms with Crippen molar-refractivity contribution < 1.29 is 27.5 Å². The Morgan fingerprint density at radius 1 is 0.951 bits per heavy atom. The van der Waals surface area contributed by atoms with Gasteiger partial charge in [-0.15, -0.1) is 0 Å². The number of nitrogens with zero attached hydrogens (tertiary/aromatic N) is 2. The lowest BCUT2D eigenvalue weighted by molar-refractivity contribution is -0.139. The predicted molar refractivity (Wildman–Crippen MR) is 160 cm³/mol. The first-order chi connectivity index (χ1) is 19.5. The van der Waals surface area contributed by atoms with E-state index >= 15 is 0 Å². The van der Waals surface area contributed by atoms with E-state index in [-0.39, 0.29) is 34.1 Å². The number of hydrogen-bond donors (Lipinski definition) is 1. The first-order valence-electron chi connectivity index (χ1n) is 13.2. The molecule has 0 aromatic heterocycles. The number of anilines is 1. The van der Waals surface area contributed by atoms with Crippen LogP contribution in [0.1, 0.15) is 32.8 Å². The highest BCUT2D eigenvalue weighted by Gasteiger charge is 2.33. The van der Waals surface area contributed by atoms with E-state index < -0.39 is 28.5 Å². The SMILES string of the molecule is CC[C@H](C)NC(=O)[C@@H](C)N(Cc1ccc(OC)cc1)C(=O)CN(c1ccc(OC)c(Cl)c1)S(=O)(=O)c1ccccc1. The monoisotopic (exact) mass is 601 g/mol. The molecule has 0 bridgehead atoms. The first kappa shape index (κ1) is 31.8. The topological polar surface area (TPSA) is 105 Å². The van der Waals surface area contributed by atoms with Gasteiger partial charge < -0.3 is 19.7 Å². The van der Waals surface area contributed by atoms with Crippen molar-refractivity contribution in [3.8, 4) is 11.5 Å². The molecule has 11 heteroatoms. The molecule has 0 aliphatic heterocycles. The molecule has 0 aliphatic rings. The van der Waals surface area contributed by atoms with Gasteiger partial charge in [-0.3, -0.25) is 13.9 Å². The summed E-state index contributed by atoms with van der Waals surface area (Å²) in [5.74, 6) is 0.0891. The molecule has 0 radical (unpaired) electrons. The largest absolute Gasteiger partial charge is 0.497 e. The van der Waals surface area contributed by atoms with Crippen LogP contribution in [0.4, 0.5) is 5.69 Å². The van der Waals surface area contributed by atoms with Crippen molar-refractivity contribution in [1.29, 1.82) is 0 Å². The molecule has 9 nitrogen and oxygen atoms in total. The smallest absolute Gasteiger partial charge is 0.264 e. The van der Waals surface area contributed by atoms with Crippen LogP contribution in [0.5, 0.6) is 11.5 Å². The third kappa shape index (κ3) is 7.92. The van der Waals surface area contributed by atoms with Crippen LogP contribution in [0.25, 0.3) is 0 Å². The minimum absolute atomic E-state index is 0.00371. The van der Waals surface area contributed by atoms with Gasteiger partial charge in [-0.2, -0.15) is 0 Å². The van der Waals surface area contributed by atoms with Crippen molar-refractivity contribution in [1.82, 2.24) is 10.2 Å². The summed E-state index contributed by atoms with van der Waals surface area (Å²) in [5, 5.41) is 3.10. The Morgan fingerprint density at radius 3 is 2.17 bits per heavy atom. The second-order valence-electron chi connectivity index (χ2n) is 9.51. The Bertz CT molecular complexity index is 1430. The number of hydrogen-bond acceptors (Lipinski definition) is 6. The maximum atomic E-state index is 14.0. The summed E-state index contributed by atoms with van der Waals surface area (Å²) >= 11 is 6.35. The molecule has 220 valence electrons. The van der Waals surface area contributed by atoms with Gasteiger partial charge in [-0.1, -0.05) is 48.9 Å². The number of rotatable bonds is 13. The zero-order valence-corrected chi connectivity index (χ0v) is 25.4. The van der Waals surface area contributed by atoms with Crippen molar-refractivity contribution in [3.63, 3.8) is 0 Å². The number of ether oxygens (including phenoxy) is 2. The summed E-state index contributed by atoms with van der Waals surface area (Å²) in [6, 6.07) is 18.4. The van der Waals surface area contributed by atoms with Gasteiger partial charge in [-0.25, -0.2) is 8.42 Å². The van der Waals surface area contributed by atoms with Gasteiger partial charge in [-0.05, 0) is 68.3 Å². The molecule has 41 heavy (non-hydrogen) atoms. The number of amides is 2. The lowest BCUT2D eigenvalue weighted by atomic mass is 10.1. The molecular weight excluding hydrogens is 566 g/mol. The highest BCUT2D eigenvalue weighted by Crippen LogP contribution is 2.32. The zero-order chi connectivity index (χ0) is 30.2. The molecule has 0 unspecified atom stereocenters. The van der Waals surface area contributed by atoms with Gasteiger partial charge in [0.05, 0.1) is 29.8 Å². The Hall–Kier alpha value is -3.76. The van der Waals surface area contributed by atoms with E-state index in [1.165, 1.54) is 42.3 Å². The van der Waals surface area contributed by atoms with Crippen molar-refractivity contribution in [3.05, 3.63) is 83.4 Å². The van der Waals surface area contributed by atoms with Crippen LogP contribution in [0, 0.1) is 0 Å². The van der Waals surface area contributed by atoms with Crippen LogP contribution in [0.2, 0.25) is 5.02 Å². The Kier molecular flexibility index (Phi) is 11.0. The summed E-state index contributed by atoms with van der Waals surface area (Å²) in [6.45, 7) is 4.95. The average Bonchev–Trinajstić information content (AvgIpc) is 2.98. The van der Waals surface area contributed by atoms with Crippen LogP contribution in [0.3, 0.4) is 0 Å². The van der Waals surface area contributed by atoms with Crippen molar-refractivity contribution in [2.75, 3.05) is 25.1 Å². The minimum atomic E-state index is -4.20. The lowest BCUT2D eigenvalue weighted by Gasteiger charge is -2.32. The average molecular weight is 602 g/mol. The molecule has 1 N–H and O–H groups in total. The van der Waals surface area contributed by atoms with E-state index in [4.69, 9.17) is 21.1 Å². The van der Waals surface area contributed by atoms with E-state index in [0.717, 1.165) is 9.87 Å². The predicted octanol–water partition coefficient (Wildman–Crippen LogP) is 4.88. The molecular formula is C30H36ClN3O6S. The van der Waals surface area contributed by atoms with Crippen molar-refractivity contribution in [2.24, 2.45) is 0 Å². The van der Waals surface area contributed by atoms with Crippen LogP contribution >= 0.6 is 11.6 Å². The van der Waals surface area contributed by atoms with Crippen LogP contribution in [0.15, 0.2) is 77.7 Å². The molecule has 0 aliphatic carbocycles. The third-order valence-electron chi connectivity index (χ3n) is 6.71. The number of methoxy groups -OCH3 is 2. The van der Waals surface area contributed by atoms with E-state index in [0.29, 0.717) is 17.9 Å². The molecule has 2 amide bonds. The fourth-order valence-corrected chi connectivity index (χ4v) is 5.71. The Morgan fingerprint density at radius 2 is 1.61 bits per heavy atom. The summed E-state index contributed by atoms with van der Waals surface area (Å²) in [6.07, 6.45) is 0.714. The number of benzene rings is 3. The maximum Gasteiger partial charge on any atom is 0.264 e. The number of carbonyl (C=O) groups excluding carboxylic acids is 2. The highest BCUT2D eigenvalue weighted by atomic mass is 35.5. The second kappa shape index (κ2) is 14.2. The van der Waals surface area contributed by atoms with Gasteiger partial charge in [0.2, 0.25) is 11.8 Å². The first-order valence-corrected chi connectivity index (χ1v) is 15.0. The van der Waals surface area contributed by atoms with Gasteiger partial charge in [0.1, 0.15) is 24.1 Å². The molecule has 3 rings (SSSR count). The van der Waals surface area contributed by atoms with E-state index in [1.54, 1.807) is 56.5 Å². The van der Waals surface area contributed by atoms with E-state index in [2.05, 4.69) is 5.32 Å². The van der Waals surface area contributed by atoms with E-state index in [9.17, 15) is 18.0 Å². The quantitative estimate of drug-likeness (QED) is 0.299. The lowest BCUT2D eigenvalue weighted by Crippen LogP contribution is -2.52. The molecule has 0 heterocycles. The summed E-state index contributed by atoms with van der Waals surface area (Å²) in [5.41, 5.74) is 0.918.